The Balaban J connectivity index is 1.97. The fraction of sp³-hybridized carbons (Fsp3) is 0.316. The number of nitrogens with zero attached hydrogens (tertiary/aromatic N) is 1. The minimum absolute atomic E-state index is 0.228. The van der Waals surface area contributed by atoms with Gasteiger partial charge < -0.3 is 14.8 Å². The van der Waals surface area contributed by atoms with E-state index in [0.717, 1.165) is 10.6 Å². The van der Waals surface area contributed by atoms with Crippen LogP contribution in [-0.4, -0.2) is 46.9 Å². The first kappa shape index (κ1) is 21.8. The highest BCUT2D eigenvalue weighted by molar-refractivity contribution is 7.92. The number of ether oxygens (including phenoxy) is 2. The van der Waals surface area contributed by atoms with Crippen LogP contribution in [0.2, 0.25) is 5.02 Å². The van der Waals surface area contributed by atoms with Crippen molar-refractivity contribution in [3.05, 3.63) is 53.6 Å². The van der Waals surface area contributed by atoms with E-state index in [1.807, 2.05) is 0 Å². The van der Waals surface area contributed by atoms with Crippen LogP contribution >= 0.6 is 11.6 Å². The van der Waals surface area contributed by atoms with Crippen molar-refractivity contribution in [3.63, 3.8) is 0 Å². The SMILES string of the molecule is COc1ccc(N([C@@H](C)C(=O)NCCOc2ccc(Cl)cc2)S(C)(=O)=O)cc1. The van der Waals surface area contributed by atoms with E-state index in [-0.39, 0.29) is 13.2 Å². The Morgan fingerprint density at radius 1 is 1.11 bits per heavy atom. The summed E-state index contributed by atoms with van der Waals surface area (Å²) in [7, 11) is -2.15. The average molecular weight is 427 g/mol. The molecule has 152 valence electrons. The summed E-state index contributed by atoms with van der Waals surface area (Å²) in [6, 6.07) is 12.4. The van der Waals surface area contributed by atoms with E-state index in [4.69, 9.17) is 21.1 Å². The summed E-state index contributed by atoms with van der Waals surface area (Å²) < 4.78 is 36.2. The summed E-state index contributed by atoms with van der Waals surface area (Å²) in [6.07, 6.45) is 1.06. The number of sulfonamides is 1. The number of halogens is 1. The summed E-state index contributed by atoms with van der Waals surface area (Å²) in [5, 5.41) is 3.29. The summed E-state index contributed by atoms with van der Waals surface area (Å²) in [5.41, 5.74) is 0.378. The van der Waals surface area contributed by atoms with Gasteiger partial charge >= 0.3 is 0 Å². The van der Waals surface area contributed by atoms with Crippen molar-refractivity contribution < 1.29 is 22.7 Å². The van der Waals surface area contributed by atoms with Crippen molar-refractivity contribution in [2.45, 2.75) is 13.0 Å². The highest BCUT2D eigenvalue weighted by atomic mass is 35.5. The normalized spacial score (nSPS) is 12.1. The van der Waals surface area contributed by atoms with Crippen LogP contribution in [0.15, 0.2) is 48.5 Å². The van der Waals surface area contributed by atoms with Gasteiger partial charge in [0.15, 0.2) is 0 Å². The van der Waals surface area contributed by atoms with Gasteiger partial charge in [0.05, 0.1) is 25.6 Å². The summed E-state index contributed by atoms with van der Waals surface area (Å²) in [6.45, 7) is 1.99. The minimum Gasteiger partial charge on any atom is -0.497 e. The lowest BCUT2D eigenvalue weighted by atomic mass is 10.2. The van der Waals surface area contributed by atoms with Gasteiger partial charge in [-0.2, -0.15) is 0 Å². The quantitative estimate of drug-likeness (QED) is 0.623. The molecule has 0 unspecified atom stereocenters. The van der Waals surface area contributed by atoms with Gasteiger partial charge in [0.25, 0.3) is 0 Å². The maximum Gasteiger partial charge on any atom is 0.243 e. The Labute approximate surface area is 170 Å². The molecule has 2 aromatic rings. The fourth-order valence-electron chi connectivity index (χ4n) is 2.56. The molecule has 0 heterocycles. The van der Waals surface area contributed by atoms with E-state index < -0.39 is 22.0 Å². The molecule has 0 fully saturated rings. The van der Waals surface area contributed by atoms with E-state index in [1.165, 1.54) is 14.0 Å². The van der Waals surface area contributed by atoms with Gasteiger partial charge in [-0.25, -0.2) is 8.42 Å². The third-order valence-corrected chi connectivity index (χ3v) is 5.39. The number of benzene rings is 2. The first-order valence-corrected chi connectivity index (χ1v) is 10.7. The molecule has 1 atom stereocenters. The van der Waals surface area contributed by atoms with Gasteiger partial charge in [0.1, 0.15) is 24.1 Å². The first-order valence-electron chi connectivity index (χ1n) is 8.52. The minimum atomic E-state index is -3.67. The van der Waals surface area contributed by atoms with Crippen LogP contribution in [0.1, 0.15) is 6.92 Å². The molecule has 1 N–H and O–H groups in total. The number of hydrogen-bond acceptors (Lipinski definition) is 5. The second-order valence-corrected chi connectivity index (χ2v) is 8.32. The Kier molecular flexibility index (Phi) is 7.53. The van der Waals surface area contributed by atoms with Crippen LogP contribution in [0.4, 0.5) is 5.69 Å². The smallest absolute Gasteiger partial charge is 0.243 e. The zero-order valence-corrected chi connectivity index (χ0v) is 17.5. The Hall–Kier alpha value is -2.45. The van der Waals surface area contributed by atoms with E-state index in [2.05, 4.69) is 5.32 Å². The number of hydrogen-bond donors (Lipinski definition) is 1. The van der Waals surface area contributed by atoms with Crippen LogP contribution in [-0.2, 0) is 14.8 Å². The summed E-state index contributed by atoms with van der Waals surface area (Å²) in [5.74, 6) is 0.789. The summed E-state index contributed by atoms with van der Waals surface area (Å²) in [4.78, 5) is 12.5. The number of methoxy groups -OCH3 is 1. The molecule has 2 rings (SSSR count). The molecule has 9 heteroatoms. The Morgan fingerprint density at radius 3 is 2.21 bits per heavy atom. The largest absolute Gasteiger partial charge is 0.497 e. The highest BCUT2D eigenvalue weighted by Crippen LogP contribution is 2.23. The molecule has 0 bridgehead atoms. The Bertz CT molecular complexity index is 886. The lowest BCUT2D eigenvalue weighted by Crippen LogP contribution is -2.48. The lowest BCUT2D eigenvalue weighted by Gasteiger charge is -2.28. The zero-order chi connectivity index (χ0) is 20.7. The molecule has 7 nitrogen and oxygen atoms in total. The van der Waals surface area contributed by atoms with Crippen LogP contribution in [0.3, 0.4) is 0 Å². The summed E-state index contributed by atoms with van der Waals surface area (Å²) >= 11 is 5.81. The molecule has 0 radical (unpaired) electrons. The molecule has 0 aliphatic heterocycles. The maximum absolute atomic E-state index is 12.5. The zero-order valence-electron chi connectivity index (χ0n) is 15.9. The molecule has 0 aromatic heterocycles. The standard InChI is InChI=1S/C19H23ClN2O5S/c1-14(19(23)21-12-13-27-18-8-4-15(20)5-9-18)22(28(3,24)25)16-6-10-17(26-2)11-7-16/h4-11,14H,12-13H2,1-3H3,(H,21,23)/t14-/m0/s1. The van der Waals surface area contributed by atoms with Gasteiger partial charge in [-0.05, 0) is 55.5 Å². The number of amides is 1. The lowest BCUT2D eigenvalue weighted by molar-refractivity contribution is -0.121. The molecule has 28 heavy (non-hydrogen) atoms. The molecule has 0 spiro atoms. The van der Waals surface area contributed by atoms with Crippen LogP contribution in [0.5, 0.6) is 11.5 Å². The second kappa shape index (κ2) is 9.66. The number of anilines is 1. The Morgan fingerprint density at radius 2 is 1.68 bits per heavy atom. The maximum atomic E-state index is 12.5. The van der Waals surface area contributed by atoms with E-state index in [1.54, 1.807) is 48.5 Å². The average Bonchev–Trinajstić information content (AvgIpc) is 2.66. The molecular formula is C19H23ClN2O5S. The number of rotatable bonds is 9. The van der Waals surface area contributed by atoms with Gasteiger partial charge in [-0.3, -0.25) is 9.10 Å². The third-order valence-electron chi connectivity index (χ3n) is 3.90. The number of nitrogens with one attached hydrogen (secondary N) is 1. The molecule has 0 aliphatic carbocycles. The van der Waals surface area contributed by atoms with E-state index in [9.17, 15) is 13.2 Å². The second-order valence-electron chi connectivity index (χ2n) is 6.03. The highest BCUT2D eigenvalue weighted by Gasteiger charge is 2.28. The van der Waals surface area contributed by atoms with Gasteiger partial charge in [-0.1, -0.05) is 11.6 Å². The molecular weight excluding hydrogens is 404 g/mol. The molecule has 0 saturated carbocycles. The third kappa shape index (κ3) is 6.03. The van der Waals surface area contributed by atoms with Gasteiger partial charge in [0, 0.05) is 5.02 Å². The molecule has 2 aromatic carbocycles. The number of carbonyl (C=O) groups is 1. The topological polar surface area (TPSA) is 84.9 Å². The molecule has 0 aliphatic rings. The van der Waals surface area contributed by atoms with Crippen molar-refractivity contribution in [3.8, 4) is 11.5 Å². The van der Waals surface area contributed by atoms with E-state index in [0.29, 0.717) is 22.2 Å². The van der Waals surface area contributed by atoms with Crippen LogP contribution in [0, 0.1) is 0 Å². The fourth-order valence-corrected chi connectivity index (χ4v) is 3.86. The van der Waals surface area contributed by atoms with Crippen LogP contribution in [0.25, 0.3) is 0 Å². The monoisotopic (exact) mass is 426 g/mol. The van der Waals surface area contributed by atoms with Crippen molar-refractivity contribution in [1.82, 2.24) is 5.32 Å². The van der Waals surface area contributed by atoms with Crippen molar-refractivity contribution in [2.75, 3.05) is 30.8 Å². The molecule has 0 saturated heterocycles. The van der Waals surface area contributed by atoms with Gasteiger partial charge in [0.2, 0.25) is 15.9 Å². The number of carbonyl (C=O) groups excluding carboxylic acids is 1. The predicted octanol–water partition coefficient (Wildman–Crippen LogP) is 2.70. The van der Waals surface area contributed by atoms with E-state index >= 15 is 0 Å². The van der Waals surface area contributed by atoms with Crippen molar-refractivity contribution >= 4 is 33.2 Å². The predicted molar refractivity (Wildman–Crippen MR) is 110 cm³/mol. The first-order chi connectivity index (χ1) is 13.2. The molecule has 1 amide bonds. The van der Waals surface area contributed by atoms with Crippen molar-refractivity contribution in [2.24, 2.45) is 0 Å². The van der Waals surface area contributed by atoms with Crippen LogP contribution < -0.4 is 19.1 Å². The van der Waals surface area contributed by atoms with Crippen molar-refractivity contribution in [1.29, 1.82) is 0 Å². The van der Waals surface area contributed by atoms with Gasteiger partial charge in [-0.15, -0.1) is 0 Å².